The van der Waals surface area contributed by atoms with Crippen molar-refractivity contribution >= 4 is 5.97 Å². The van der Waals surface area contributed by atoms with Crippen LogP contribution < -0.4 is 17.0 Å². The number of hydrogen-bond donors (Lipinski definition) is 0. The van der Waals surface area contributed by atoms with E-state index in [9.17, 15) is 4.79 Å². The molecule has 0 aliphatic carbocycles. The highest BCUT2D eigenvalue weighted by Gasteiger charge is 2.16. The van der Waals surface area contributed by atoms with Gasteiger partial charge in [0.1, 0.15) is 13.2 Å². The van der Waals surface area contributed by atoms with Gasteiger partial charge in [0.15, 0.2) is 0 Å². The summed E-state index contributed by atoms with van der Waals surface area (Å²) in [4.78, 5) is 11.9. The van der Waals surface area contributed by atoms with Gasteiger partial charge in [-0.3, -0.25) is 0 Å². The van der Waals surface area contributed by atoms with Crippen LogP contribution >= 0.6 is 0 Å². The molecule has 0 amide bonds. The molecule has 0 N–H and O–H groups in total. The summed E-state index contributed by atoms with van der Waals surface area (Å²) >= 11 is 0. The van der Waals surface area contributed by atoms with E-state index in [1.165, 1.54) is 64.2 Å². The Morgan fingerprint density at radius 1 is 0.815 bits per heavy atom. The summed E-state index contributed by atoms with van der Waals surface area (Å²) in [6, 6.07) is 9.23. The molecule has 156 valence electrons. The van der Waals surface area contributed by atoms with Crippen molar-refractivity contribution in [2.45, 2.75) is 71.1 Å². The van der Waals surface area contributed by atoms with Crippen molar-refractivity contribution in [1.82, 2.24) is 0 Å². The molecule has 0 bridgehead atoms. The fourth-order valence-electron chi connectivity index (χ4n) is 3.18. The van der Waals surface area contributed by atoms with E-state index in [-0.39, 0.29) is 23.0 Å². The molecule has 1 aromatic rings. The van der Waals surface area contributed by atoms with Gasteiger partial charge in [-0.15, -0.1) is 0 Å². The quantitative estimate of drug-likeness (QED) is 0.237. The van der Waals surface area contributed by atoms with Gasteiger partial charge < -0.3 is 26.2 Å². The number of ether oxygens (including phenoxy) is 1. The average molecular weight is 442 g/mol. The van der Waals surface area contributed by atoms with E-state index in [4.69, 9.17) is 4.74 Å². The summed E-state index contributed by atoms with van der Waals surface area (Å²) in [6.45, 7) is 4.78. The van der Waals surface area contributed by atoms with Crippen LogP contribution in [0.5, 0.6) is 0 Å². The van der Waals surface area contributed by atoms with Crippen LogP contribution in [-0.4, -0.2) is 44.2 Å². The lowest BCUT2D eigenvalue weighted by Gasteiger charge is -2.29. The molecule has 0 saturated carbocycles. The number of unbranched alkanes of at least 4 members (excludes halogenated alkanes) is 9. The molecule has 1 rings (SSSR count). The summed E-state index contributed by atoms with van der Waals surface area (Å²) in [5.41, 5.74) is 0.632. The summed E-state index contributed by atoms with van der Waals surface area (Å²) in [7, 11) is 4.45. The molecule has 0 atom stereocenters. The molecule has 0 saturated heterocycles. The predicted octanol–water partition coefficient (Wildman–Crippen LogP) is 2.84. The number of benzene rings is 1. The minimum Gasteiger partial charge on any atom is -1.00 e. The molecule has 0 aliphatic heterocycles. The highest BCUT2D eigenvalue weighted by molar-refractivity contribution is 5.89. The number of nitrogens with zero attached hydrogens (tertiary/aromatic N) is 1. The maximum absolute atomic E-state index is 11.9. The number of hydrogen-bond acceptors (Lipinski definition) is 2. The molecule has 1 aromatic carbocycles. The van der Waals surface area contributed by atoms with Gasteiger partial charge >= 0.3 is 5.97 Å². The molecule has 0 heterocycles. The Kier molecular flexibility index (Phi) is 15.6. The van der Waals surface area contributed by atoms with Crippen molar-refractivity contribution in [2.75, 3.05) is 33.8 Å². The SMILES string of the molecule is CCCCCCCCCCCC[N+](C)(C)CCOC(=O)c1ccccc1.[Br-]. The fourth-order valence-corrected chi connectivity index (χ4v) is 3.18. The Balaban J connectivity index is 0.00000676. The summed E-state index contributed by atoms with van der Waals surface area (Å²) in [6.07, 6.45) is 13.7. The van der Waals surface area contributed by atoms with Crippen LogP contribution in [0.25, 0.3) is 0 Å². The Hall–Kier alpha value is -0.870. The lowest BCUT2D eigenvalue weighted by Crippen LogP contribution is -3.00. The first-order valence-corrected chi connectivity index (χ1v) is 10.6. The number of halogens is 1. The van der Waals surface area contributed by atoms with Crippen molar-refractivity contribution in [3.63, 3.8) is 0 Å². The van der Waals surface area contributed by atoms with E-state index < -0.39 is 0 Å². The smallest absolute Gasteiger partial charge is 0.338 e. The van der Waals surface area contributed by atoms with Crippen LogP contribution in [-0.2, 0) is 4.74 Å². The van der Waals surface area contributed by atoms with E-state index in [0.717, 1.165) is 17.6 Å². The molecule has 0 aromatic heterocycles. The number of esters is 1. The zero-order valence-corrected chi connectivity index (χ0v) is 19.3. The third-order valence-electron chi connectivity index (χ3n) is 5.06. The zero-order valence-electron chi connectivity index (χ0n) is 17.7. The molecule has 3 nitrogen and oxygen atoms in total. The number of likely N-dealkylation sites (N-methyl/N-ethyl adjacent to an activating group) is 1. The normalized spacial score (nSPS) is 11.1. The number of quaternary nitrogens is 1. The standard InChI is InChI=1S/C23H40NO2.BrH/c1-4-5-6-7-8-9-10-11-12-16-19-24(2,3)20-21-26-23(25)22-17-14-13-15-18-22;/h13-15,17-18H,4-12,16,19-21H2,1-3H3;1H/q+1;/p-1. The van der Waals surface area contributed by atoms with Gasteiger partial charge in [-0.2, -0.15) is 0 Å². The van der Waals surface area contributed by atoms with Gasteiger partial charge in [0.05, 0.1) is 26.2 Å². The van der Waals surface area contributed by atoms with Crippen molar-refractivity contribution in [3.8, 4) is 0 Å². The van der Waals surface area contributed by atoms with Crippen molar-refractivity contribution in [1.29, 1.82) is 0 Å². The Labute approximate surface area is 177 Å². The zero-order chi connectivity index (χ0) is 19.1. The van der Waals surface area contributed by atoms with E-state index in [1.807, 2.05) is 18.2 Å². The van der Waals surface area contributed by atoms with E-state index in [2.05, 4.69) is 21.0 Å². The number of rotatable bonds is 15. The second kappa shape index (κ2) is 16.1. The first kappa shape index (κ1) is 26.1. The topological polar surface area (TPSA) is 26.3 Å². The maximum atomic E-state index is 11.9. The van der Waals surface area contributed by atoms with Gasteiger partial charge in [0, 0.05) is 0 Å². The van der Waals surface area contributed by atoms with Crippen LogP contribution in [0.3, 0.4) is 0 Å². The van der Waals surface area contributed by atoms with Crippen molar-refractivity contribution in [2.24, 2.45) is 0 Å². The predicted molar refractivity (Wildman–Crippen MR) is 110 cm³/mol. The van der Waals surface area contributed by atoms with E-state index in [0.29, 0.717) is 12.2 Å². The molecule has 27 heavy (non-hydrogen) atoms. The van der Waals surface area contributed by atoms with Gasteiger partial charge in [0.25, 0.3) is 0 Å². The minimum absolute atomic E-state index is 0. The fraction of sp³-hybridized carbons (Fsp3) is 0.696. The average Bonchev–Trinajstić information content (AvgIpc) is 2.63. The summed E-state index contributed by atoms with van der Waals surface area (Å²) in [5.74, 6) is -0.218. The number of carbonyl (C=O) groups is 1. The molecule has 0 fully saturated rings. The maximum Gasteiger partial charge on any atom is 0.338 e. The highest BCUT2D eigenvalue weighted by atomic mass is 79.9. The molecule has 0 radical (unpaired) electrons. The Bertz CT molecular complexity index is 477. The first-order valence-electron chi connectivity index (χ1n) is 10.6. The second-order valence-electron chi connectivity index (χ2n) is 8.07. The molecular formula is C23H40BrNO2. The Morgan fingerprint density at radius 2 is 1.33 bits per heavy atom. The highest BCUT2D eigenvalue weighted by Crippen LogP contribution is 2.11. The van der Waals surface area contributed by atoms with Gasteiger partial charge in [-0.05, 0) is 25.0 Å². The molecule has 0 unspecified atom stereocenters. The van der Waals surface area contributed by atoms with Crippen molar-refractivity contribution < 1.29 is 31.0 Å². The lowest BCUT2D eigenvalue weighted by molar-refractivity contribution is -0.890. The van der Waals surface area contributed by atoms with Crippen LogP contribution in [0.2, 0.25) is 0 Å². The molecule has 4 heteroatoms. The third-order valence-corrected chi connectivity index (χ3v) is 5.06. The van der Waals surface area contributed by atoms with E-state index in [1.54, 1.807) is 12.1 Å². The van der Waals surface area contributed by atoms with Crippen LogP contribution in [0.4, 0.5) is 0 Å². The monoisotopic (exact) mass is 441 g/mol. The van der Waals surface area contributed by atoms with Crippen LogP contribution in [0, 0.1) is 0 Å². The summed E-state index contributed by atoms with van der Waals surface area (Å²) in [5, 5.41) is 0. The number of carbonyl (C=O) groups excluding carboxylic acids is 1. The second-order valence-corrected chi connectivity index (χ2v) is 8.07. The Morgan fingerprint density at radius 3 is 1.89 bits per heavy atom. The van der Waals surface area contributed by atoms with E-state index >= 15 is 0 Å². The van der Waals surface area contributed by atoms with Gasteiger partial charge in [-0.1, -0.05) is 76.5 Å². The van der Waals surface area contributed by atoms with Crippen LogP contribution in [0.1, 0.15) is 81.5 Å². The first-order chi connectivity index (χ1) is 12.5. The molecule has 0 aliphatic rings. The van der Waals surface area contributed by atoms with Crippen LogP contribution in [0.15, 0.2) is 30.3 Å². The molecular weight excluding hydrogens is 402 g/mol. The minimum atomic E-state index is -0.218. The summed E-state index contributed by atoms with van der Waals surface area (Å²) < 4.78 is 6.32. The molecule has 0 spiro atoms. The van der Waals surface area contributed by atoms with Gasteiger partial charge in [-0.25, -0.2) is 4.79 Å². The third kappa shape index (κ3) is 13.9. The largest absolute Gasteiger partial charge is 1.00 e. The lowest BCUT2D eigenvalue weighted by atomic mass is 10.1. The van der Waals surface area contributed by atoms with Gasteiger partial charge in [0.2, 0.25) is 0 Å². The van der Waals surface area contributed by atoms with Crippen molar-refractivity contribution in [3.05, 3.63) is 35.9 Å².